The van der Waals surface area contributed by atoms with Gasteiger partial charge in [0.25, 0.3) is 0 Å². The van der Waals surface area contributed by atoms with Gasteiger partial charge in [-0.25, -0.2) is 0 Å². The fourth-order valence-electron chi connectivity index (χ4n) is 2.74. The molecule has 1 radical (unpaired) electrons. The molecule has 1 saturated carbocycles. The van der Waals surface area contributed by atoms with E-state index in [4.69, 9.17) is 0 Å². The Balaban J connectivity index is 1.91. The quantitative estimate of drug-likeness (QED) is 0.666. The molecule has 1 heteroatoms. The minimum atomic E-state index is -0.165. The number of hydrogen-bond donors (Lipinski definition) is 0. The molecule has 0 N–H and O–H groups in total. The predicted molar refractivity (Wildman–Crippen MR) is 69.4 cm³/mol. The molecule has 0 bridgehead atoms. The molecule has 1 aromatic rings. The van der Waals surface area contributed by atoms with Gasteiger partial charge in [0.2, 0.25) is 0 Å². The number of nitrogens with zero attached hydrogens (tertiary/aromatic N) is 1. The van der Waals surface area contributed by atoms with E-state index < -0.39 is 0 Å². The SMILES string of the molecule is CCCCCC[C@H]1C[C@@]1(C#N)c1cc[c]cc1. The van der Waals surface area contributed by atoms with Crippen LogP contribution in [0.3, 0.4) is 0 Å². The van der Waals surface area contributed by atoms with Crippen molar-refractivity contribution < 1.29 is 0 Å². The molecule has 0 heterocycles. The number of rotatable bonds is 6. The van der Waals surface area contributed by atoms with Crippen LogP contribution in [0.5, 0.6) is 0 Å². The summed E-state index contributed by atoms with van der Waals surface area (Å²) < 4.78 is 0. The number of hydrogen-bond acceptors (Lipinski definition) is 1. The van der Waals surface area contributed by atoms with Crippen LogP contribution in [0, 0.1) is 23.3 Å². The van der Waals surface area contributed by atoms with E-state index in [0.29, 0.717) is 5.92 Å². The minimum absolute atomic E-state index is 0.165. The second-order valence-electron chi connectivity index (χ2n) is 5.12. The van der Waals surface area contributed by atoms with Gasteiger partial charge in [-0.3, -0.25) is 0 Å². The van der Waals surface area contributed by atoms with Gasteiger partial charge in [-0.05, 0) is 30.4 Å². The van der Waals surface area contributed by atoms with Crippen molar-refractivity contribution in [3.8, 4) is 6.07 Å². The van der Waals surface area contributed by atoms with Gasteiger partial charge >= 0.3 is 0 Å². The van der Waals surface area contributed by atoms with E-state index in [-0.39, 0.29) is 5.41 Å². The van der Waals surface area contributed by atoms with Gasteiger partial charge < -0.3 is 0 Å². The molecule has 2 rings (SSSR count). The molecule has 1 fully saturated rings. The maximum Gasteiger partial charge on any atom is 0.0854 e. The number of nitriles is 1. The Hall–Kier alpha value is -1.29. The first-order valence-corrected chi connectivity index (χ1v) is 6.71. The lowest BCUT2D eigenvalue weighted by atomic mass is 9.93. The van der Waals surface area contributed by atoms with Crippen molar-refractivity contribution in [1.29, 1.82) is 5.26 Å². The third-order valence-electron chi connectivity index (χ3n) is 3.94. The molecule has 0 amide bonds. The van der Waals surface area contributed by atoms with Crippen molar-refractivity contribution in [3.63, 3.8) is 0 Å². The normalized spacial score (nSPS) is 26.5. The maximum absolute atomic E-state index is 9.42. The van der Waals surface area contributed by atoms with Crippen LogP contribution < -0.4 is 0 Å². The molecule has 17 heavy (non-hydrogen) atoms. The first kappa shape index (κ1) is 12.2. The van der Waals surface area contributed by atoms with Crippen molar-refractivity contribution in [3.05, 3.63) is 35.9 Å². The highest BCUT2D eigenvalue weighted by atomic mass is 14.6. The summed E-state index contributed by atoms with van der Waals surface area (Å²) in [7, 11) is 0. The summed E-state index contributed by atoms with van der Waals surface area (Å²) in [6.07, 6.45) is 7.47. The molecule has 0 aliphatic heterocycles. The van der Waals surface area contributed by atoms with E-state index in [1.807, 2.05) is 12.1 Å². The minimum Gasteiger partial charge on any atom is -0.197 e. The lowest BCUT2D eigenvalue weighted by molar-refractivity contribution is 0.571. The lowest BCUT2D eigenvalue weighted by Gasteiger charge is -2.08. The molecular formula is C16H20N. The highest BCUT2D eigenvalue weighted by Crippen LogP contribution is 2.56. The Kier molecular flexibility index (Phi) is 3.84. The van der Waals surface area contributed by atoms with E-state index in [0.717, 1.165) is 6.42 Å². The maximum atomic E-state index is 9.42. The first-order valence-electron chi connectivity index (χ1n) is 6.71. The van der Waals surface area contributed by atoms with Crippen molar-refractivity contribution in [2.24, 2.45) is 5.92 Å². The van der Waals surface area contributed by atoms with Crippen LogP contribution in [-0.4, -0.2) is 0 Å². The summed E-state index contributed by atoms with van der Waals surface area (Å²) in [5.41, 5.74) is 1.03. The van der Waals surface area contributed by atoms with Crippen LogP contribution >= 0.6 is 0 Å². The van der Waals surface area contributed by atoms with Gasteiger partial charge in [-0.1, -0.05) is 56.9 Å². The first-order chi connectivity index (χ1) is 8.33. The van der Waals surface area contributed by atoms with Crippen LogP contribution in [-0.2, 0) is 5.41 Å². The van der Waals surface area contributed by atoms with Crippen LogP contribution in [0.15, 0.2) is 24.3 Å². The number of unbranched alkanes of at least 4 members (excludes halogenated alkanes) is 3. The average molecular weight is 226 g/mol. The Morgan fingerprint density at radius 2 is 2.12 bits per heavy atom. The van der Waals surface area contributed by atoms with Gasteiger partial charge in [0, 0.05) is 0 Å². The van der Waals surface area contributed by atoms with E-state index >= 15 is 0 Å². The highest BCUT2D eigenvalue weighted by Gasteiger charge is 2.55. The Morgan fingerprint density at radius 3 is 2.76 bits per heavy atom. The molecule has 1 aliphatic carbocycles. The predicted octanol–water partition coefficient (Wildman–Crippen LogP) is 4.24. The largest absolute Gasteiger partial charge is 0.197 e. The van der Waals surface area contributed by atoms with Crippen molar-refractivity contribution >= 4 is 0 Å². The highest BCUT2D eigenvalue weighted by molar-refractivity contribution is 5.40. The molecule has 1 aromatic carbocycles. The summed E-state index contributed by atoms with van der Waals surface area (Å²) in [5.74, 6) is 0.590. The zero-order chi connectivity index (χ0) is 12.1. The molecule has 2 atom stereocenters. The third-order valence-corrected chi connectivity index (χ3v) is 3.94. The summed E-state index contributed by atoms with van der Waals surface area (Å²) in [4.78, 5) is 0. The van der Waals surface area contributed by atoms with Crippen LogP contribution in [0.2, 0.25) is 0 Å². The van der Waals surface area contributed by atoms with Crippen molar-refractivity contribution in [2.75, 3.05) is 0 Å². The van der Waals surface area contributed by atoms with Crippen molar-refractivity contribution in [2.45, 2.75) is 50.9 Å². The zero-order valence-electron chi connectivity index (χ0n) is 10.6. The third kappa shape index (κ3) is 2.52. The van der Waals surface area contributed by atoms with E-state index in [2.05, 4.69) is 31.2 Å². The standard InChI is InChI=1S/C16H20N/c1-2-3-4-6-11-15-12-16(15,13-17)14-9-7-5-8-10-14/h7-10,15H,2-4,6,11-12H2,1H3/t15-,16+/m0/s1. The Bertz CT molecular complexity index is 390. The molecular weight excluding hydrogens is 206 g/mol. The van der Waals surface area contributed by atoms with Gasteiger partial charge in [0.15, 0.2) is 0 Å². The molecule has 0 aromatic heterocycles. The molecule has 1 aliphatic rings. The monoisotopic (exact) mass is 226 g/mol. The second-order valence-corrected chi connectivity index (χ2v) is 5.12. The van der Waals surface area contributed by atoms with E-state index in [9.17, 15) is 5.26 Å². The smallest absolute Gasteiger partial charge is 0.0854 e. The van der Waals surface area contributed by atoms with E-state index in [1.165, 1.54) is 37.7 Å². The van der Waals surface area contributed by atoms with Crippen LogP contribution in [0.1, 0.15) is 51.0 Å². The zero-order valence-corrected chi connectivity index (χ0v) is 10.6. The van der Waals surface area contributed by atoms with Gasteiger partial charge in [-0.15, -0.1) is 0 Å². The second kappa shape index (κ2) is 5.36. The summed E-state index contributed by atoms with van der Waals surface area (Å²) in [6, 6.07) is 13.5. The lowest BCUT2D eigenvalue weighted by Crippen LogP contribution is -2.06. The topological polar surface area (TPSA) is 23.8 Å². The molecule has 1 nitrogen and oxygen atoms in total. The molecule has 0 saturated heterocycles. The molecule has 0 unspecified atom stereocenters. The fraction of sp³-hybridized carbons (Fsp3) is 0.562. The Morgan fingerprint density at radius 1 is 1.35 bits per heavy atom. The Labute approximate surface area is 104 Å². The average Bonchev–Trinajstić information content (AvgIpc) is 3.11. The van der Waals surface area contributed by atoms with Crippen LogP contribution in [0.4, 0.5) is 0 Å². The molecule has 0 spiro atoms. The summed E-state index contributed by atoms with van der Waals surface area (Å²) in [6.45, 7) is 2.23. The van der Waals surface area contributed by atoms with E-state index in [1.54, 1.807) is 0 Å². The van der Waals surface area contributed by atoms with Crippen molar-refractivity contribution in [1.82, 2.24) is 0 Å². The summed E-state index contributed by atoms with van der Waals surface area (Å²) >= 11 is 0. The van der Waals surface area contributed by atoms with Gasteiger partial charge in [-0.2, -0.15) is 5.26 Å². The van der Waals surface area contributed by atoms with Gasteiger partial charge in [0.05, 0.1) is 11.5 Å². The van der Waals surface area contributed by atoms with Gasteiger partial charge in [0.1, 0.15) is 0 Å². The fourth-order valence-corrected chi connectivity index (χ4v) is 2.74. The summed E-state index contributed by atoms with van der Waals surface area (Å²) in [5, 5.41) is 9.42. The van der Waals surface area contributed by atoms with Crippen LogP contribution in [0.25, 0.3) is 0 Å². The number of benzene rings is 1. The molecule has 89 valence electrons.